The fourth-order valence-corrected chi connectivity index (χ4v) is 1.74. The highest BCUT2D eigenvalue weighted by Gasteiger charge is 2.24. The minimum Gasteiger partial charge on any atom is -0.434 e. The number of hydrogen-bond donors (Lipinski definition) is 1. The first-order valence-electron chi connectivity index (χ1n) is 5.78. The Kier molecular flexibility index (Phi) is 3.83. The molecule has 2 aromatic rings. The molecule has 0 saturated carbocycles. The summed E-state index contributed by atoms with van der Waals surface area (Å²) >= 11 is 0. The van der Waals surface area contributed by atoms with Crippen molar-refractivity contribution in [2.75, 3.05) is 6.61 Å². The summed E-state index contributed by atoms with van der Waals surface area (Å²) in [6, 6.07) is 2.04. The van der Waals surface area contributed by atoms with Crippen molar-refractivity contribution >= 4 is 22.7 Å². The molecule has 0 fully saturated rings. The predicted octanol–water partition coefficient (Wildman–Crippen LogP) is 2.11. The van der Waals surface area contributed by atoms with Gasteiger partial charge in [0, 0.05) is 6.20 Å². The molecule has 0 amide bonds. The molecule has 1 aromatic heterocycles. The highest BCUT2D eigenvalue weighted by molar-refractivity contribution is 5.89. The molecule has 1 N–H and O–H groups in total. The summed E-state index contributed by atoms with van der Waals surface area (Å²) in [5.41, 5.74) is -1.92. The van der Waals surface area contributed by atoms with Crippen LogP contribution in [0.1, 0.15) is 6.92 Å². The van der Waals surface area contributed by atoms with Gasteiger partial charge in [-0.3, -0.25) is 14.9 Å². The van der Waals surface area contributed by atoms with Crippen molar-refractivity contribution in [3.63, 3.8) is 0 Å². The third kappa shape index (κ3) is 2.66. The molecule has 0 aliphatic carbocycles. The van der Waals surface area contributed by atoms with Crippen molar-refractivity contribution in [3.05, 3.63) is 44.5 Å². The van der Waals surface area contributed by atoms with Crippen LogP contribution in [0.4, 0.5) is 14.9 Å². The molecular formula is C12H9FN2O6. The molecule has 0 atom stereocenters. The van der Waals surface area contributed by atoms with Gasteiger partial charge in [0.25, 0.3) is 0 Å². The predicted molar refractivity (Wildman–Crippen MR) is 68.8 cm³/mol. The maximum atomic E-state index is 13.5. The van der Waals surface area contributed by atoms with Crippen LogP contribution >= 0.6 is 0 Å². The largest absolute Gasteiger partial charge is 0.514 e. The number of nitrogens with zero attached hydrogens (tertiary/aromatic N) is 1. The Bertz CT molecular complexity index is 785. The maximum Gasteiger partial charge on any atom is 0.514 e. The van der Waals surface area contributed by atoms with Crippen molar-refractivity contribution in [3.8, 4) is 5.75 Å². The number of rotatable bonds is 3. The Labute approximate surface area is 116 Å². The third-order valence-corrected chi connectivity index (χ3v) is 2.58. The first-order chi connectivity index (χ1) is 9.95. The van der Waals surface area contributed by atoms with Crippen molar-refractivity contribution in [1.29, 1.82) is 0 Å². The molecule has 9 heteroatoms. The molecule has 8 nitrogen and oxygen atoms in total. The van der Waals surface area contributed by atoms with E-state index in [0.717, 1.165) is 12.3 Å². The molecule has 0 spiro atoms. The molecular weight excluding hydrogens is 287 g/mol. The topological polar surface area (TPSA) is 112 Å². The summed E-state index contributed by atoms with van der Waals surface area (Å²) in [4.78, 5) is 35.7. The van der Waals surface area contributed by atoms with Crippen LogP contribution in [0.5, 0.6) is 5.75 Å². The van der Waals surface area contributed by atoms with Crippen LogP contribution in [-0.4, -0.2) is 22.7 Å². The number of carbonyl (C=O) groups is 1. The van der Waals surface area contributed by atoms with Gasteiger partial charge in [-0.1, -0.05) is 0 Å². The van der Waals surface area contributed by atoms with Crippen LogP contribution in [0.3, 0.4) is 0 Å². The number of halogens is 1. The second-order valence-corrected chi connectivity index (χ2v) is 3.84. The van der Waals surface area contributed by atoms with E-state index in [2.05, 4.69) is 14.5 Å². The van der Waals surface area contributed by atoms with E-state index < -0.39 is 39.1 Å². The van der Waals surface area contributed by atoms with Crippen LogP contribution in [0.2, 0.25) is 0 Å². The van der Waals surface area contributed by atoms with Gasteiger partial charge < -0.3 is 14.5 Å². The average molecular weight is 296 g/mol. The summed E-state index contributed by atoms with van der Waals surface area (Å²) in [6.45, 7) is 1.56. The van der Waals surface area contributed by atoms with Crippen LogP contribution in [-0.2, 0) is 4.74 Å². The minimum atomic E-state index is -1.16. The number of carbonyl (C=O) groups excluding carboxylic acids is 1. The number of fused-ring (bicyclic) bond motifs is 1. The van der Waals surface area contributed by atoms with Crippen LogP contribution < -0.4 is 10.2 Å². The zero-order valence-electron chi connectivity index (χ0n) is 10.7. The number of benzene rings is 1. The number of nitro benzene ring substituents is 1. The van der Waals surface area contributed by atoms with Crippen molar-refractivity contribution in [2.24, 2.45) is 0 Å². The van der Waals surface area contributed by atoms with Gasteiger partial charge >= 0.3 is 11.8 Å². The van der Waals surface area contributed by atoms with E-state index >= 15 is 0 Å². The monoisotopic (exact) mass is 296 g/mol. The molecule has 0 bridgehead atoms. The van der Waals surface area contributed by atoms with Gasteiger partial charge in [-0.15, -0.1) is 0 Å². The van der Waals surface area contributed by atoms with Crippen molar-refractivity contribution < 1.29 is 23.6 Å². The standard InChI is InChI=1S/C12H9FN2O6/c1-2-20-12(17)21-8-5-14-7-4-3-6(13)10(15(18)19)9(7)11(8)16/h3-5H,2H2,1H3,(H,14,16). The maximum absolute atomic E-state index is 13.5. The quantitative estimate of drug-likeness (QED) is 0.527. The van der Waals surface area contributed by atoms with Gasteiger partial charge in [-0.2, -0.15) is 4.39 Å². The fourth-order valence-electron chi connectivity index (χ4n) is 1.74. The Morgan fingerprint density at radius 1 is 1.48 bits per heavy atom. The van der Waals surface area contributed by atoms with Gasteiger partial charge in [-0.25, -0.2) is 4.79 Å². The van der Waals surface area contributed by atoms with E-state index in [9.17, 15) is 24.1 Å². The number of nitro groups is 1. The number of nitrogens with one attached hydrogen (secondary N) is 1. The Morgan fingerprint density at radius 3 is 2.81 bits per heavy atom. The molecule has 0 saturated heterocycles. The smallest absolute Gasteiger partial charge is 0.434 e. The normalized spacial score (nSPS) is 10.4. The van der Waals surface area contributed by atoms with Crippen LogP contribution in [0, 0.1) is 15.9 Å². The Morgan fingerprint density at radius 2 is 2.19 bits per heavy atom. The van der Waals surface area contributed by atoms with Crippen molar-refractivity contribution in [1.82, 2.24) is 4.98 Å². The van der Waals surface area contributed by atoms with E-state index in [1.807, 2.05) is 0 Å². The van der Waals surface area contributed by atoms with E-state index in [4.69, 9.17) is 0 Å². The molecule has 0 radical (unpaired) electrons. The number of aromatic amines is 1. The molecule has 21 heavy (non-hydrogen) atoms. The summed E-state index contributed by atoms with van der Waals surface area (Å²) in [5.74, 6) is -1.68. The van der Waals surface area contributed by atoms with E-state index in [0.29, 0.717) is 0 Å². The lowest BCUT2D eigenvalue weighted by Gasteiger charge is -2.05. The fraction of sp³-hybridized carbons (Fsp3) is 0.167. The zero-order chi connectivity index (χ0) is 15.6. The second-order valence-electron chi connectivity index (χ2n) is 3.84. The lowest BCUT2D eigenvalue weighted by atomic mass is 10.1. The molecule has 1 aromatic carbocycles. The minimum absolute atomic E-state index is 0.0269. The van der Waals surface area contributed by atoms with Gasteiger partial charge in [-0.05, 0) is 19.1 Å². The molecule has 110 valence electrons. The van der Waals surface area contributed by atoms with E-state index in [1.165, 1.54) is 13.0 Å². The lowest BCUT2D eigenvalue weighted by Crippen LogP contribution is -2.17. The zero-order valence-corrected chi connectivity index (χ0v) is 10.7. The number of aromatic nitrogens is 1. The van der Waals surface area contributed by atoms with Crippen molar-refractivity contribution in [2.45, 2.75) is 6.92 Å². The number of H-pyrrole nitrogens is 1. The molecule has 0 unspecified atom stereocenters. The Balaban J connectivity index is 2.65. The summed E-state index contributed by atoms with van der Waals surface area (Å²) in [7, 11) is 0. The summed E-state index contributed by atoms with van der Waals surface area (Å²) in [5, 5.41) is 10.4. The summed E-state index contributed by atoms with van der Waals surface area (Å²) in [6.07, 6.45) is -0.0927. The Hall–Kier alpha value is -2.97. The van der Waals surface area contributed by atoms with Crippen LogP contribution in [0.25, 0.3) is 10.9 Å². The molecule has 0 aliphatic rings. The van der Waals surface area contributed by atoms with Gasteiger partial charge in [0.15, 0.2) is 5.75 Å². The highest BCUT2D eigenvalue weighted by atomic mass is 19.1. The number of pyridine rings is 1. The highest BCUT2D eigenvalue weighted by Crippen LogP contribution is 2.26. The average Bonchev–Trinajstić information content (AvgIpc) is 2.42. The van der Waals surface area contributed by atoms with E-state index in [1.54, 1.807) is 0 Å². The van der Waals surface area contributed by atoms with E-state index in [-0.39, 0.29) is 12.1 Å². The first kappa shape index (κ1) is 14.4. The number of hydrogen-bond acceptors (Lipinski definition) is 6. The summed E-state index contributed by atoms with van der Waals surface area (Å²) < 4.78 is 22.6. The van der Waals surface area contributed by atoms with Gasteiger partial charge in [0.05, 0.1) is 17.0 Å². The van der Waals surface area contributed by atoms with Gasteiger partial charge in [0.1, 0.15) is 5.39 Å². The number of ether oxygens (including phenoxy) is 2. The molecule has 1 heterocycles. The SMILES string of the molecule is CCOC(=O)Oc1c[nH]c2ccc(F)c([N+](=O)[O-])c2c1=O. The third-order valence-electron chi connectivity index (χ3n) is 2.58. The lowest BCUT2D eigenvalue weighted by molar-refractivity contribution is -0.385. The molecule has 2 rings (SSSR count). The van der Waals surface area contributed by atoms with Crippen LogP contribution in [0.15, 0.2) is 23.1 Å². The van der Waals surface area contributed by atoms with Gasteiger partial charge in [0.2, 0.25) is 11.2 Å². The first-order valence-corrected chi connectivity index (χ1v) is 5.78. The second kappa shape index (κ2) is 5.57. The molecule has 0 aliphatic heterocycles.